The van der Waals surface area contributed by atoms with Crippen molar-refractivity contribution in [1.82, 2.24) is 58.1 Å². The third-order valence-electron chi connectivity index (χ3n) is 13.2. The van der Waals surface area contributed by atoms with Crippen molar-refractivity contribution in [3.05, 3.63) is 29.8 Å². The number of likely N-dealkylation sites (tertiary alicyclic amines) is 1. The van der Waals surface area contributed by atoms with Gasteiger partial charge in [-0.1, -0.05) is 12.1 Å². The van der Waals surface area contributed by atoms with Gasteiger partial charge in [0.2, 0.25) is 70.9 Å². The van der Waals surface area contributed by atoms with E-state index in [1.165, 1.54) is 31.2 Å². The molecule has 1 aromatic rings. The summed E-state index contributed by atoms with van der Waals surface area (Å²) in [6.45, 7) is -2.54. The van der Waals surface area contributed by atoms with Crippen LogP contribution in [-0.4, -0.2) is 243 Å². The number of carboxylic acids is 1. The minimum absolute atomic E-state index is 0.0206. The number of guanidine groups is 2. The molecule has 0 spiro atoms. The minimum Gasteiger partial charge on any atom is -0.508 e. The van der Waals surface area contributed by atoms with Crippen molar-refractivity contribution in [2.45, 2.75) is 138 Å². The largest absolute Gasteiger partial charge is 0.508 e. The van der Waals surface area contributed by atoms with Crippen molar-refractivity contribution in [1.29, 1.82) is 0 Å². The maximum absolute atomic E-state index is 14.2. The van der Waals surface area contributed by atoms with E-state index in [-0.39, 0.29) is 82.2 Å². The highest BCUT2D eigenvalue weighted by molar-refractivity contribution is 5.99. The van der Waals surface area contributed by atoms with Crippen LogP contribution in [-0.2, 0) is 68.7 Å². The second-order valence-electron chi connectivity index (χ2n) is 20.3. The molecule has 0 aromatic heterocycles. The van der Waals surface area contributed by atoms with Gasteiger partial charge in [0, 0.05) is 32.5 Å². The summed E-state index contributed by atoms with van der Waals surface area (Å²) in [7, 11) is 0. The molecule has 11 atom stereocenters. The number of rotatable bonds is 39. The lowest BCUT2D eigenvalue weighted by Crippen LogP contribution is -2.61. The summed E-state index contributed by atoms with van der Waals surface area (Å²) in [6.07, 6.45) is -2.67. The molecule has 89 heavy (non-hydrogen) atoms. The monoisotopic (exact) mass is 1270 g/mol. The molecule has 0 aliphatic carbocycles. The van der Waals surface area contributed by atoms with E-state index in [1.54, 1.807) is 0 Å². The van der Waals surface area contributed by atoms with Crippen LogP contribution in [0, 0.1) is 0 Å². The molecule has 38 heteroatoms. The summed E-state index contributed by atoms with van der Waals surface area (Å²) in [5.74, 6) is -14.4. The Balaban J connectivity index is 2.27. The first-order chi connectivity index (χ1) is 42.0. The van der Waals surface area contributed by atoms with E-state index in [1.807, 2.05) is 0 Å². The van der Waals surface area contributed by atoms with Crippen LogP contribution in [0.15, 0.2) is 34.3 Å². The third-order valence-corrected chi connectivity index (χ3v) is 13.2. The molecule has 0 saturated carbocycles. The number of benzene rings is 1. The zero-order chi connectivity index (χ0) is 67.1. The van der Waals surface area contributed by atoms with Crippen molar-refractivity contribution < 1.29 is 93.0 Å². The number of phenolic OH excluding ortho intramolecular Hbond substituents is 1. The van der Waals surface area contributed by atoms with Crippen molar-refractivity contribution in [3.8, 4) is 5.75 Å². The van der Waals surface area contributed by atoms with Gasteiger partial charge in [-0.05, 0) is 76.5 Å². The number of amides is 12. The molecule has 496 valence electrons. The van der Waals surface area contributed by atoms with Crippen molar-refractivity contribution >= 4 is 88.8 Å². The Morgan fingerprint density at radius 2 is 1.03 bits per heavy atom. The van der Waals surface area contributed by atoms with Crippen LogP contribution >= 0.6 is 0 Å². The second kappa shape index (κ2) is 38.6. The summed E-state index contributed by atoms with van der Waals surface area (Å²) in [6, 6.07) is -10.4. The van der Waals surface area contributed by atoms with Crippen LogP contribution < -0.4 is 87.6 Å². The number of aliphatic hydroxyl groups excluding tert-OH is 4. The number of carbonyl (C=O) groups excluding carboxylic acids is 12. The summed E-state index contributed by atoms with van der Waals surface area (Å²) in [5, 5.41) is 82.1. The fourth-order valence-corrected chi connectivity index (χ4v) is 8.48. The van der Waals surface area contributed by atoms with Crippen molar-refractivity contribution in [3.63, 3.8) is 0 Å². The van der Waals surface area contributed by atoms with Gasteiger partial charge < -0.3 is 123 Å². The molecular formula is C51H83N19O19. The standard InChI is InChI=1S/C51H83N19O19/c1-24(48(87)70-17-5-8-35(70)47(86)66-30(13-14-36(53)76)43(82)69-39(25(2)74)49(88)89)61-41(80)28(6-3-15-58-50(54)55)64-42(81)29(7-4-16-59-51(56)57)65-45(84)33(22-72)68-46(85)34(23-73)67-44(83)32(21-71)63-38(78)20-60-40(79)31(62-37(77)19-52)18-26-9-11-27(75)12-10-26/h9-12,24-25,28-35,39,71-75H,3-8,13-23,52H2,1-2H3,(H2,53,76)(H,60,79)(H,61,80)(H,62,77)(H,63,78)(H,64,81)(H,65,84)(H,66,86)(H,67,83)(H,68,85)(H,69,82)(H,88,89)(H4,54,55,58)(H4,56,57,59)/t24-,25+,28-,29-,30-,31-,32-,33-,34-,35-,39-/m0/s1. The van der Waals surface area contributed by atoms with E-state index in [9.17, 15) is 93.0 Å². The van der Waals surface area contributed by atoms with Crippen LogP contribution in [0.4, 0.5) is 0 Å². The van der Waals surface area contributed by atoms with Gasteiger partial charge in [0.25, 0.3) is 0 Å². The van der Waals surface area contributed by atoms with Crippen molar-refractivity contribution in [2.75, 3.05) is 52.5 Å². The molecule has 12 amide bonds. The fraction of sp³-hybridized carbons (Fsp3) is 0.588. The van der Waals surface area contributed by atoms with Gasteiger partial charge in [-0.15, -0.1) is 0 Å². The topological polar surface area (TPSA) is 648 Å². The number of primary amides is 1. The molecule has 2 rings (SSSR count). The number of aliphatic hydroxyl groups is 4. The van der Waals surface area contributed by atoms with Crippen molar-refractivity contribution in [2.24, 2.45) is 44.4 Å². The molecule has 38 nitrogen and oxygen atoms in total. The molecule has 0 unspecified atom stereocenters. The predicted molar refractivity (Wildman–Crippen MR) is 310 cm³/mol. The van der Waals surface area contributed by atoms with Gasteiger partial charge in [0.1, 0.15) is 60.1 Å². The van der Waals surface area contributed by atoms with E-state index < -0.39 is 189 Å². The van der Waals surface area contributed by atoms with E-state index >= 15 is 0 Å². The van der Waals surface area contributed by atoms with E-state index in [0.29, 0.717) is 5.56 Å². The lowest BCUT2D eigenvalue weighted by molar-refractivity contribution is -0.145. The first-order valence-electron chi connectivity index (χ1n) is 27.9. The van der Waals surface area contributed by atoms with E-state index in [0.717, 1.165) is 11.8 Å². The number of hydrogen-bond acceptors (Lipinski definition) is 21. The highest BCUT2D eigenvalue weighted by Gasteiger charge is 2.40. The van der Waals surface area contributed by atoms with Crippen LogP contribution in [0.25, 0.3) is 0 Å². The summed E-state index contributed by atoms with van der Waals surface area (Å²) < 4.78 is 0. The maximum Gasteiger partial charge on any atom is 0.328 e. The summed E-state index contributed by atoms with van der Waals surface area (Å²) in [4.78, 5) is 180. The number of aromatic hydroxyl groups is 1. The molecular weight excluding hydrogens is 1180 g/mol. The number of hydrogen-bond donors (Lipinski definition) is 22. The average molecular weight is 1270 g/mol. The number of carbonyl (C=O) groups is 13. The number of nitrogens with one attached hydrogen (secondary N) is 10. The molecule has 0 bridgehead atoms. The molecule has 1 aromatic carbocycles. The van der Waals surface area contributed by atoms with Gasteiger partial charge in [0.05, 0.1) is 39.0 Å². The summed E-state index contributed by atoms with van der Waals surface area (Å²) >= 11 is 0. The Morgan fingerprint density at radius 1 is 0.584 bits per heavy atom. The number of carboxylic acid groups (broad SMARTS) is 1. The molecule has 28 N–H and O–H groups in total. The second-order valence-corrected chi connectivity index (χ2v) is 20.3. The molecule has 0 radical (unpaired) electrons. The van der Waals surface area contributed by atoms with Gasteiger partial charge >= 0.3 is 5.97 Å². The lowest BCUT2D eigenvalue weighted by atomic mass is 10.0. The maximum atomic E-state index is 14.2. The molecule has 1 heterocycles. The first kappa shape index (κ1) is 75.6. The third kappa shape index (κ3) is 27.0. The van der Waals surface area contributed by atoms with E-state index in [4.69, 9.17) is 34.4 Å². The van der Waals surface area contributed by atoms with Gasteiger partial charge in [-0.3, -0.25) is 67.5 Å². The Morgan fingerprint density at radius 3 is 1.49 bits per heavy atom. The van der Waals surface area contributed by atoms with E-state index in [2.05, 4.69) is 63.2 Å². The van der Waals surface area contributed by atoms with Gasteiger partial charge in [-0.2, -0.15) is 0 Å². The highest BCUT2D eigenvalue weighted by Crippen LogP contribution is 2.20. The SMILES string of the molecule is C[C@H](NC(=O)[C@H](CCCN=C(N)N)NC(=O)[C@H](CCCN=C(N)N)NC(=O)[C@H](CO)NC(=O)[C@H](CO)NC(=O)[C@H](CO)NC(=O)CNC(=O)[C@H](Cc1ccc(O)cc1)NC(=O)CN)C(=O)N1CCC[C@H]1C(=O)N[C@@H](CCC(N)=O)C(=O)N[C@H](C(=O)O)[C@@H](C)O. The van der Waals surface area contributed by atoms with Crippen LogP contribution in [0.1, 0.15) is 70.8 Å². The highest BCUT2D eigenvalue weighted by atomic mass is 16.4. The van der Waals surface area contributed by atoms with Gasteiger partial charge in [-0.25, -0.2) is 4.79 Å². The number of aliphatic imine (C=N–C) groups is 2. The Kier molecular flexibility index (Phi) is 32.8. The Hall–Kier alpha value is -9.53. The Bertz CT molecular complexity index is 2690. The zero-order valence-electron chi connectivity index (χ0n) is 49.0. The number of nitrogens with zero attached hydrogens (tertiary/aromatic N) is 3. The number of aliphatic carboxylic acids is 1. The predicted octanol–water partition coefficient (Wildman–Crippen LogP) is -11.8. The lowest BCUT2D eigenvalue weighted by Gasteiger charge is -2.30. The fourth-order valence-electron chi connectivity index (χ4n) is 8.48. The molecule has 1 fully saturated rings. The molecule has 1 saturated heterocycles. The molecule has 1 aliphatic heterocycles. The van der Waals surface area contributed by atoms with Crippen LogP contribution in [0.5, 0.6) is 5.75 Å². The minimum atomic E-state index is -1.93. The first-order valence-corrected chi connectivity index (χ1v) is 27.9. The van der Waals surface area contributed by atoms with Gasteiger partial charge in [0.15, 0.2) is 18.0 Å². The summed E-state index contributed by atoms with van der Waals surface area (Å²) in [5.41, 5.74) is 33.0. The van der Waals surface area contributed by atoms with Crippen LogP contribution in [0.3, 0.4) is 0 Å². The van der Waals surface area contributed by atoms with Crippen LogP contribution in [0.2, 0.25) is 0 Å². The average Bonchev–Trinajstić information content (AvgIpc) is 2.22. The Labute approximate surface area is 509 Å². The quantitative estimate of drug-likeness (QED) is 0.0165. The smallest absolute Gasteiger partial charge is 0.328 e. The zero-order valence-corrected chi connectivity index (χ0v) is 49.0. The number of phenols is 1. The normalized spacial score (nSPS) is 15.9. The number of nitrogens with two attached hydrogens (primary N) is 6. The molecule has 1 aliphatic rings.